The van der Waals surface area contributed by atoms with Crippen LogP contribution in [0.3, 0.4) is 0 Å². The topological polar surface area (TPSA) is 46.5 Å². The van der Waals surface area contributed by atoms with E-state index in [-0.39, 0.29) is 18.0 Å². The minimum Gasteiger partial charge on any atom is -0.466 e. The van der Waals surface area contributed by atoms with Crippen LogP contribution in [-0.4, -0.2) is 24.3 Å². The fourth-order valence-corrected chi connectivity index (χ4v) is 0.203. The van der Waals surface area contributed by atoms with E-state index in [4.69, 9.17) is 5.11 Å². The van der Waals surface area contributed by atoms with Crippen LogP contribution in [0.2, 0.25) is 0 Å². The van der Waals surface area contributed by atoms with Crippen molar-refractivity contribution in [1.29, 1.82) is 0 Å². The van der Waals surface area contributed by atoms with Gasteiger partial charge in [-0.1, -0.05) is 20.8 Å². The lowest BCUT2D eigenvalue weighted by Crippen LogP contribution is -2.09. The molecule has 0 atom stereocenters. The Morgan fingerprint density at radius 2 is 1.75 bits per heavy atom. The highest BCUT2D eigenvalue weighted by Gasteiger charge is 2.05. The van der Waals surface area contributed by atoms with E-state index < -0.39 is 0 Å². The number of carbonyl (C=O) groups excluding carboxylic acids is 1. The van der Waals surface area contributed by atoms with Gasteiger partial charge in [-0.25, -0.2) is 0 Å². The van der Waals surface area contributed by atoms with Gasteiger partial charge in [-0.05, 0) is 12.3 Å². The Kier molecular flexibility index (Phi) is 8.27. The maximum atomic E-state index is 9.82. The van der Waals surface area contributed by atoms with Gasteiger partial charge in [0.15, 0.2) is 0 Å². The zero-order valence-electron chi connectivity index (χ0n) is 8.68. The van der Waals surface area contributed by atoms with Gasteiger partial charge in [0.1, 0.15) is 0 Å². The van der Waals surface area contributed by atoms with Crippen molar-refractivity contribution in [2.45, 2.75) is 34.6 Å². The lowest BCUT2D eigenvalue weighted by Gasteiger charge is -2.11. The van der Waals surface area contributed by atoms with E-state index >= 15 is 0 Å². The van der Waals surface area contributed by atoms with Crippen LogP contribution in [0.25, 0.3) is 0 Å². The van der Waals surface area contributed by atoms with Gasteiger partial charge in [0.25, 0.3) is 0 Å². The van der Waals surface area contributed by atoms with Gasteiger partial charge in [0.2, 0.25) is 0 Å². The first-order valence-corrected chi connectivity index (χ1v) is 4.07. The molecule has 3 nitrogen and oxygen atoms in total. The molecular formula is C9H20O3. The summed E-state index contributed by atoms with van der Waals surface area (Å²) in [4.78, 5) is 9.82. The van der Waals surface area contributed by atoms with Crippen LogP contribution in [0.4, 0.5) is 0 Å². The third-order valence-electron chi connectivity index (χ3n) is 0.822. The predicted octanol–water partition coefficient (Wildman–Crippen LogP) is 1.59. The van der Waals surface area contributed by atoms with Gasteiger partial charge in [0, 0.05) is 13.5 Å². The molecule has 0 unspecified atom stereocenters. The van der Waals surface area contributed by atoms with Crippen molar-refractivity contribution >= 4 is 5.97 Å². The molecular weight excluding hydrogens is 156 g/mol. The summed E-state index contributed by atoms with van der Waals surface area (Å²) in [6.45, 7) is 9.90. The minimum absolute atomic E-state index is 0.0972. The Balaban J connectivity index is 0. The summed E-state index contributed by atoms with van der Waals surface area (Å²) >= 11 is 0. The summed E-state index contributed by atoms with van der Waals surface area (Å²) < 4.78 is 4.40. The number of rotatable bonds is 1. The van der Waals surface area contributed by atoms with E-state index in [9.17, 15) is 4.79 Å². The molecule has 0 amide bonds. The minimum atomic E-state index is -0.211. The Labute approximate surface area is 74.7 Å². The molecule has 74 valence electrons. The van der Waals surface area contributed by atoms with Gasteiger partial charge in [-0.15, -0.1) is 0 Å². The lowest BCUT2D eigenvalue weighted by molar-refractivity contribution is -0.140. The van der Waals surface area contributed by atoms with Crippen LogP contribution in [0, 0.1) is 5.41 Å². The highest BCUT2D eigenvalue weighted by Crippen LogP contribution is 2.09. The van der Waals surface area contributed by atoms with Gasteiger partial charge >= 0.3 is 5.97 Å². The van der Waals surface area contributed by atoms with Crippen LogP contribution < -0.4 is 0 Å². The molecule has 0 saturated carbocycles. The summed E-state index contributed by atoms with van der Waals surface area (Å²) in [5.74, 6) is -0.211. The summed E-state index contributed by atoms with van der Waals surface area (Å²) in [6, 6.07) is 0. The molecule has 0 heterocycles. The van der Waals surface area contributed by atoms with E-state index in [2.05, 4.69) is 4.74 Å². The maximum absolute atomic E-state index is 9.82. The van der Waals surface area contributed by atoms with Crippen molar-refractivity contribution < 1.29 is 14.6 Å². The molecule has 0 saturated heterocycles. The second kappa shape index (κ2) is 7.10. The highest BCUT2D eigenvalue weighted by molar-refractivity contribution is 5.65. The van der Waals surface area contributed by atoms with Crippen LogP contribution >= 0.6 is 0 Å². The number of esters is 1. The molecule has 3 heteroatoms. The first kappa shape index (κ1) is 14.0. The molecule has 0 aromatic heterocycles. The molecule has 0 radical (unpaired) electrons. The maximum Gasteiger partial charge on any atom is 0.302 e. The number of ether oxygens (including phenoxy) is 1. The van der Waals surface area contributed by atoms with Crippen LogP contribution in [0.1, 0.15) is 34.6 Å². The largest absolute Gasteiger partial charge is 0.466 e. The molecule has 1 N–H and O–H groups in total. The number of aliphatic hydroxyl groups excluding tert-OH is 1. The van der Waals surface area contributed by atoms with Crippen molar-refractivity contribution in [2.75, 3.05) is 13.2 Å². The third kappa shape index (κ3) is 22.7. The van der Waals surface area contributed by atoms with Crippen molar-refractivity contribution in [3.05, 3.63) is 0 Å². The van der Waals surface area contributed by atoms with Crippen LogP contribution in [0.5, 0.6) is 0 Å². The monoisotopic (exact) mass is 176 g/mol. The molecule has 0 rings (SSSR count). The molecule has 0 aliphatic rings. The average molecular weight is 176 g/mol. The zero-order chi connectivity index (χ0) is 10.2. The first-order valence-electron chi connectivity index (χ1n) is 4.07. The number of hydrogen-bond donors (Lipinski definition) is 1. The van der Waals surface area contributed by atoms with Gasteiger partial charge in [-0.2, -0.15) is 0 Å². The molecule has 12 heavy (non-hydrogen) atoms. The van der Waals surface area contributed by atoms with Crippen molar-refractivity contribution in [3.63, 3.8) is 0 Å². The molecule has 0 aromatic carbocycles. The van der Waals surface area contributed by atoms with E-state index in [0.29, 0.717) is 6.61 Å². The van der Waals surface area contributed by atoms with Crippen molar-refractivity contribution in [1.82, 2.24) is 0 Å². The van der Waals surface area contributed by atoms with E-state index in [1.807, 2.05) is 20.8 Å². The summed E-state index contributed by atoms with van der Waals surface area (Å²) in [7, 11) is 0. The molecule has 0 aliphatic heterocycles. The Morgan fingerprint density at radius 3 is 1.75 bits per heavy atom. The molecule has 0 aromatic rings. The van der Waals surface area contributed by atoms with Crippen LogP contribution in [0.15, 0.2) is 0 Å². The third-order valence-corrected chi connectivity index (χ3v) is 0.822. The molecule has 0 aliphatic carbocycles. The normalized spacial score (nSPS) is 9.83. The SMILES string of the molecule is CC(C)(C)CO.CCOC(C)=O. The second-order valence-corrected chi connectivity index (χ2v) is 3.64. The summed E-state index contributed by atoms with van der Waals surface area (Å²) in [5.41, 5.74) is 0.0972. The smallest absolute Gasteiger partial charge is 0.302 e. The van der Waals surface area contributed by atoms with Gasteiger partial charge < -0.3 is 9.84 Å². The standard InChI is InChI=1S/C5H12O.C4H8O2/c1-5(2,3)4-6;1-3-6-4(2)5/h6H,4H2,1-3H3;3H2,1-2H3. The summed E-state index contributed by atoms with van der Waals surface area (Å²) in [5, 5.41) is 8.40. The van der Waals surface area contributed by atoms with E-state index in [1.54, 1.807) is 6.92 Å². The Bertz CT molecular complexity index is 113. The Hall–Kier alpha value is -0.570. The first-order chi connectivity index (χ1) is 5.33. The van der Waals surface area contributed by atoms with Gasteiger partial charge in [0.05, 0.1) is 6.61 Å². The highest BCUT2D eigenvalue weighted by atomic mass is 16.5. The number of carbonyl (C=O) groups is 1. The fourth-order valence-electron chi connectivity index (χ4n) is 0.203. The summed E-state index contributed by atoms with van der Waals surface area (Å²) in [6.07, 6.45) is 0. The molecule has 0 spiro atoms. The van der Waals surface area contributed by atoms with Crippen molar-refractivity contribution in [3.8, 4) is 0 Å². The average Bonchev–Trinajstić information content (AvgIpc) is 1.87. The van der Waals surface area contributed by atoms with Crippen LogP contribution in [-0.2, 0) is 9.53 Å². The number of aliphatic hydroxyl groups is 1. The lowest BCUT2D eigenvalue weighted by atomic mass is 9.99. The zero-order valence-corrected chi connectivity index (χ0v) is 8.68. The van der Waals surface area contributed by atoms with Gasteiger partial charge in [-0.3, -0.25) is 4.79 Å². The van der Waals surface area contributed by atoms with Crippen molar-refractivity contribution in [2.24, 2.45) is 5.41 Å². The second-order valence-electron chi connectivity index (χ2n) is 3.64. The Morgan fingerprint density at radius 1 is 1.42 bits per heavy atom. The van der Waals surface area contributed by atoms with E-state index in [1.165, 1.54) is 6.92 Å². The fraction of sp³-hybridized carbons (Fsp3) is 0.889. The quantitative estimate of drug-likeness (QED) is 0.617. The molecule has 0 fully saturated rings. The van der Waals surface area contributed by atoms with E-state index in [0.717, 1.165) is 0 Å². The molecule has 0 bridgehead atoms. The number of hydrogen-bond acceptors (Lipinski definition) is 3. The predicted molar refractivity (Wildman–Crippen MR) is 48.8 cm³/mol.